The van der Waals surface area contributed by atoms with E-state index in [4.69, 9.17) is 4.74 Å². The van der Waals surface area contributed by atoms with Crippen LogP contribution < -0.4 is 15.4 Å². The number of carbonyl (C=O) groups excluding carboxylic acids is 2. The van der Waals surface area contributed by atoms with E-state index < -0.39 is 0 Å². The highest BCUT2D eigenvalue weighted by molar-refractivity contribution is 8.00. The minimum atomic E-state index is -0.101. The maximum atomic E-state index is 12.1. The number of rotatable bonds is 9. The van der Waals surface area contributed by atoms with Crippen molar-refractivity contribution in [2.75, 3.05) is 23.5 Å². The average Bonchev–Trinajstić information content (AvgIpc) is 2.66. The summed E-state index contributed by atoms with van der Waals surface area (Å²) >= 11 is 1.44. The highest BCUT2D eigenvalue weighted by Gasteiger charge is 2.08. The molecule has 2 amide bonds. The normalized spacial score (nSPS) is 10.2. The fraction of sp³-hybridized carbons (Fsp3) is 0.300. The van der Waals surface area contributed by atoms with Crippen LogP contribution in [-0.4, -0.2) is 24.7 Å². The monoisotopic (exact) mass is 372 g/mol. The molecule has 0 bridgehead atoms. The van der Waals surface area contributed by atoms with Gasteiger partial charge in [-0.25, -0.2) is 0 Å². The van der Waals surface area contributed by atoms with Gasteiger partial charge in [-0.2, -0.15) is 0 Å². The molecule has 5 nitrogen and oxygen atoms in total. The number of unbranched alkanes of at least 4 members (excludes halogenated alkanes) is 1. The van der Waals surface area contributed by atoms with Crippen molar-refractivity contribution in [3.63, 3.8) is 0 Å². The first-order valence-electron chi connectivity index (χ1n) is 8.58. The average molecular weight is 372 g/mol. The van der Waals surface area contributed by atoms with Crippen LogP contribution in [0.3, 0.4) is 0 Å². The summed E-state index contributed by atoms with van der Waals surface area (Å²) in [5.74, 6) is 0.856. The maximum Gasteiger partial charge on any atom is 0.234 e. The van der Waals surface area contributed by atoms with Gasteiger partial charge in [0.2, 0.25) is 11.8 Å². The highest BCUT2D eigenvalue weighted by atomic mass is 32.2. The lowest BCUT2D eigenvalue weighted by Crippen LogP contribution is -2.14. The van der Waals surface area contributed by atoms with E-state index in [0.29, 0.717) is 23.6 Å². The van der Waals surface area contributed by atoms with Gasteiger partial charge in [0.1, 0.15) is 5.75 Å². The van der Waals surface area contributed by atoms with Crippen LogP contribution in [0.2, 0.25) is 0 Å². The van der Waals surface area contributed by atoms with Gasteiger partial charge in [-0.1, -0.05) is 25.5 Å². The van der Waals surface area contributed by atoms with E-state index in [-0.39, 0.29) is 11.8 Å². The molecule has 0 aliphatic carbocycles. The van der Waals surface area contributed by atoms with Crippen LogP contribution in [0.15, 0.2) is 53.4 Å². The molecule has 2 aromatic rings. The Morgan fingerprint density at radius 2 is 1.73 bits per heavy atom. The number of carbonyl (C=O) groups is 2. The summed E-state index contributed by atoms with van der Waals surface area (Å²) in [7, 11) is 1.57. The molecule has 138 valence electrons. The van der Waals surface area contributed by atoms with E-state index in [2.05, 4.69) is 17.6 Å². The lowest BCUT2D eigenvalue weighted by molar-refractivity contribution is -0.116. The Bertz CT molecular complexity index is 732. The quantitative estimate of drug-likeness (QED) is 0.634. The molecule has 0 saturated carbocycles. The van der Waals surface area contributed by atoms with Gasteiger partial charge in [0.15, 0.2) is 0 Å². The number of methoxy groups -OCH3 is 1. The molecular formula is C20H24N2O3S. The predicted molar refractivity (Wildman–Crippen MR) is 107 cm³/mol. The summed E-state index contributed by atoms with van der Waals surface area (Å²) in [5, 5.41) is 5.72. The Morgan fingerprint density at radius 1 is 1.00 bits per heavy atom. The van der Waals surface area contributed by atoms with Crippen molar-refractivity contribution in [2.45, 2.75) is 31.1 Å². The van der Waals surface area contributed by atoms with Gasteiger partial charge in [-0.15, -0.1) is 11.8 Å². The standard InChI is InChI=1S/C20H24N2O3S/c1-3-4-9-19(23)21-15-10-12-16(13-11-15)26-14-20(24)22-17-7-5-6-8-18(17)25-2/h5-8,10-13H,3-4,9,14H2,1-2H3,(H,21,23)(H,22,24). The summed E-state index contributed by atoms with van der Waals surface area (Å²) in [6, 6.07) is 14.8. The van der Waals surface area contributed by atoms with Gasteiger partial charge in [0.05, 0.1) is 18.6 Å². The molecule has 0 radical (unpaired) electrons. The molecule has 0 aliphatic heterocycles. The predicted octanol–water partition coefficient (Wildman–Crippen LogP) is 4.55. The summed E-state index contributed by atoms with van der Waals surface area (Å²) in [5.41, 5.74) is 1.43. The minimum Gasteiger partial charge on any atom is -0.495 e. The first-order chi connectivity index (χ1) is 12.6. The van der Waals surface area contributed by atoms with Gasteiger partial charge in [0.25, 0.3) is 0 Å². The van der Waals surface area contributed by atoms with Gasteiger partial charge in [-0.05, 0) is 42.8 Å². The molecule has 26 heavy (non-hydrogen) atoms. The van der Waals surface area contributed by atoms with Crippen molar-refractivity contribution in [2.24, 2.45) is 0 Å². The van der Waals surface area contributed by atoms with Crippen LogP contribution in [0, 0.1) is 0 Å². The largest absolute Gasteiger partial charge is 0.495 e. The van der Waals surface area contributed by atoms with E-state index in [1.54, 1.807) is 19.2 Å². The number of ether oxygens (including phenoxy) is 1. The zero-order valence-corrected chi connectivity index (χ0v) is 15.9. The van der Waals surface area contributed by atoms with Crippen molar-refractivity contribution in [1.82, 2.24) is 0 Å². The molecule has 0 spiro atoms. The molecule has 0 aromatic heterocycles. The summed E-state index contributed by atoms with van der Waals surface area (Å²) < 4.78 is 5.22. The first kappa shape index (κ1) is 19.8. The molecular weight excluding hydrogens is 348 g/mol. The smallest absolute Gasteiger partial charge is 0.234 e. The van der Waals surface area contributed by atoms with Crippen molar-refractivity contribution in [1.29, 1.82) is 0 Å². The Hall–Kier alpha value is -2.47. The van der Waals surface area contributed by atoms with Gasteiger partial charge in [-0.3, -0.25) is 9.59 Å². The van der Waals surface area contributed by atoms with Crippen molar-refractivity contribution >= 4 is 35.0 Å². The van der Waals surface area contributed by atoms with Crippen LogP contribution in [0.5, 0.6) is 5.75 Å². The number of thioether (sulfide) groups is 1. The van der Waals surface area contributed by atoms with E-state index in [1.165, 1.54) is 11.8 Å². The fourth-order valence-electron chi connectivity index (χ4n) is 2.28. The molecule has 0 atom stereocenters. The molecule has 0 unspecified atom stereocenters. The van der Waals surface area contributed by atoms with Crippen LogP contribution in [0.4, 0.5) is 11.4 Å². The molecule has 0 heterocycles. The zero-order chi connectivity index (χ0) is 18.8. The lowest BCUT2D eigenvalue weighted by Gasteiger charge is -2.10. The van der Waals surface area contributed by atoms with Crippen molar-refractivity contribution in [3.05, 3.63) is 48.5 Å². The van der Waals surface area contributed by atoms with Crippen LogP contribution >= 0.6 is 11.8 Å². The molecule has 0 aliphatic rings. The zero-order valence-electron chi connectivity index (χ0n) is 15.1. The summed E-state index contributed by atoms with van der Waals surface area (Å²) in [6.45, 7) is 2.06. The molecule has 0 saturated heterocycles. The number of anilines is 2. The van der Waals surface area contributed by atoms with Gasteiger partial charge < -0.3 is 15.4 Å². The maximum absolute atomic E-state index is 12.1. The minimum absolute atomic E-state index is 0.0310. The number of amides is 2. The number of hydrogen-bond acceptors (Lipinski definition) is 4. The lowest BCUT2D eigenvalue weighted by atomic mass is 10.2. The topological polar surface area (TPSA) is 67.4 Å². The Balaban J connectivity index is 1.82. The van der Waals surface area contributed by atoms with E-state index in [0.717, 1.165) is 23.4 Å². The Kier molecular flexibility index (Phi) is 8.02. The highest BCUT2D eigenvalue weighted by Crippen LogP contribution is 2.24. The number of benzene rings is 2. The summed E-state index contributed by atoms with van der Waals surface area (Å²) in [4.78, 5) is 24.8. The third-order valence-electron chi connectivity index (χ3n) is 3.65. The Labute approximate surface area is 158 Å². The van der Waals surface area contributed by atoms with E-state index >= 15 is 0 Å². The third kappa shape index (κ3) is 6.44. The molecule has 2 aromatic carbocycles. The number of hydrogen-bond donors (Lipinski definition) is 2. The molecule has 2 rings (SSSR count). The van der Waals surface area contributed by atoms with Gasteiger partial charge in [0, 0.05) is 17.0 Å². The Morgan fingerprint density at radius 3 is 2.42 bits per heavy atom. The third-order valence-corrected chi connectivity index (χ3v) is 4.66. The number of nitrogens with one attached hydrogen (secondary N) is 2. The van der Waals surface area contributed by atoms with Crippen LogP contribution in [-0.2, 0) is 9.59 Å². The molecule has 6 heteroatoms. The van der Waals surface area contributed by atoms with E-state index in [9.17, 15) is 9.59 Å². The van der Waals surface area contributed by atoms with Crippen molar-refractivity contribution in [3.8, 4) is 5.75 Å². The second kappa shape index (κ2) is 10.5. The fourth-order valence-corrected chi connectivity index (χ4v) is 2.98. The van der Waals surface area contributed by atoms with Gasteiger partial charge >= 0.3 is 0 Å². The molecule has 2 N–H and O–H groups in total. The van der Waals surface area contributed by atoms with Crippen LogP contribution in [0.25, 0.3) is 0 Å². The van der Waals surface area contributed by atoms with Crippen LogP contribution in [0.1, 0.15) is 26.2 Å². The first-order valence-corrected chi connectivity index (χ1v) is 9.56. The SMILES string of the molecule is CCCCC(=O)Nc1ccc(SCC(=O)Nc2ccccc2OC)cc1. The second-order valence-corrected chi connectivity index (χ2v) is 6.76. The molecule has 0 fully saturated rings. The van der Waals surface area contributed by atoms with Crippen molar-refractivity contribution < 1.29 is 14.3 Å². The number of para-hydroxylation sites is 2. The summed E-state index contributed by atoms with van der Waals surface area (Å²) in [6.07, 6.45) is 2.43. The van der Waals surface area contributed by atoms with E-state index in [1.807, 2.05) is 36.4 Å². The second-order valence-electron chi connectivity index (χ2n) is 5.71.